The molecule has 6 nitrogen and oxygen atoms in total. The van der Waals surface area contributed by atoms with Crippen molar-refractivity contribution >= 4 is 5.91 Å². The summed E-state index contributed by atoms with van der Waals surface area (Å²) in [5.74, 6) is -0.716. The van der Waals surface area contributed by atoms with Gasteiger partial charge in [0.15, 0.2) is 5.69 Å². The summed E-state index contributed by atoms with van der Waals surface area (Å²) in [6.45, 7) is 2.21. The lowest BCUT2D eigenvalue weighted by Crippen LogP contribution is -2.34. The van der Waals surface area contributed by atoms with Gasteiger partial charge in [-0.05, 0) is 26.2 Å². The second-order valence-electron chi connectivity index (χ2n) is 6.06. The standard InChI is InChI=1S/C15H18F3N5O/c1-8-10(7-20-23(8)2)6-19-14(24)9-3-4-12-11(5-9)13(22-21-12)15(16,17)18/h7,9H,3-6H2,1-2H3,(H,19,24)(H,21,22). The van der Waals surface area contributed by atoms with Crippen LogP contribution in [0.3, 0.4) is 0 Å². The highest BCUT2D eigenvalue weighted by molar-refractivity contribution is 5.79. The summed E-state index contributed by atoms with van der Waals surface area (Å²) >= 11 is 0. The molecule has 24 heavy (non-hydrogen) atoms. The average molecular weight is 341 g/mol. The molecule has 2 heterocycles. The third-order valence-corrected chi connectivity index (χ3v) is 4.58. The molecule has 2 aromatic heterocycles. The molecule has 0 aromatic carbocycles. The van der Waals surface area contributed by atoms with E-state index >= 15 is 0 Å². The number of fused-ring (bicyclic) bond motifs is 1. The molecule has 0 fully saturated rings. The lowest BCUT2D eigenvalue weighted by atomic mass is 9.85. The highest BCUT2D eigenvalue weighted by atomic mass is 19.4. The Morgan fingerprint density at radius 3 is 2.88 bits per heavy atom. The third-order valence-electron chi connectivity index (χ3n) is 4.58. The first kappa shape index (κ1) is 16.5. The molecular weight excluding hydrogens is 323 g/mol. The number of alkyl halides is 3. The predicted molar refractivity (Wildman–Crippen MR) is 78.9 cm³/mol. The predicted octanol–water partition coefficient (Wildman–Crippen LogP) is 1.89. The first-order valence-corrected chi connectivity index (χ1v) is 7.66. The van der Waals surface area contributed by atoms with Crippen LogP contribution in [0.2, 0.25) is 0 Å². The molecule has 1 aliphatic rings. The van der Waals surface area contributed by atoms with E-state index in [1.807, 2.05) is 6.92 Å². The third kappa shape index (κ3) is 3.02. The average Bonchev–Trinajstić information content (AvgIpc) is 3.09. The zero-order valence-corrected chi connectivity index (χ0v) is 13.4. The SMILES string of the molecule is Cc1c(CNC(=O)C2CCc3[nH]nc(C(F)(F)F)c3C2)cnn1C. The van der Waals surface area contributed by atoms with E-state index in [9.17, 15) is 18.0 Å². The Balaban J connectivity index is 1.67. The van der Waals surface area contributed by atoms with Crippen molar-refractivity contribution in [1.29, 1.82) is 0 Å². The fraction of sp³-hybridized carbons (Fsp3) is 0.533. The molecule has 0 radical (unpaired) electrons. The number of carbonyl (C=O) groups excluding carboxylic acids is 1. The van der Waals surface area contributed by atoms with Crippen molar-refractivity contribution < 1.29 is 18.0 Å². The number of hydrogen-bond donors (Lipinski definition) is 2. The first-order chi connectivity index (χ1) is 11.3. The molecule has 0 aliphatic heterocycles. The van der Waals surface area contributed by atoms with Gasteiger partial charge in [0.2, 0.25) is 5.91 Å². The Bertz CT molecular complexity index is 762. The Labute approximate surface area is 136 Å². The normalized spacial score (nSPS) is 17.6. The summed E-state index contributed by atoms with van der Waals surface area (Å²) in [5, 5.41) is 12.7. The van der Waals surface area contributed by atoms with Crippen LogP contribution in [-0.4, -0.2) is 25.9 Å². The van der Waals surface area contributed by atoms with Gasteiger partial charge < -0.3 is 5.32 Å². The van der Waals surface area contributed by atoms with Crippen molar-refractivity contribution in [3.63, 3.8) is 0 Å². The summed E-state index contributed by atoms with van der Waals surface area (Å²) in [7, 11) is 1.81. The Morgan fingerprint density at radius 1 is 1.50 bits per heavy atom. The van der Waals surface area contributed by atoms with E-state index in [0.717, 1.165) is 11.3 Å². The molecule has 0 bridgehead atoms. The zero-order valence-electron chi connectivity index (χ0n) is 13.4. The van der Waals surface area contributed by atoms with Crippen LogP contribution < -0.4 is 5.32 Å². The monoisotopic (exact) mass is 341 g/mol. The van der Waals surface area contributed by atoms with Crippen molar-refractivity contribution in [3.05, 3.63) is 34.4 Å². The Morgan fingerprint density at radius 2 is 2.25 bits per heavy atom. The van der Waals surface area contributed by atoms with Gasteiger partial charge in [0.25, 0.3) is 0 Å². The van der Waals surface area contributed by atoms with E-state index < -0.39 is 17.8 Å². The van der Waals surface area contributed by atoms with Gasteiger partial charge >= 0.3 is 6.18 Å². The number of nitrogens with zero attached hydrogens (tertiary/aromatic N) is 3. The topological polar surface area (TPSA) is 75.6 Å². The highest BCUT2D eigenvalue weighted by Gasteiger charge is 2.40. The number of H-pyrrole nitrogens is 1. The summed E-state index contributed by atoms with van der Waals surface area (Å²) < 4.78 is 40.6. The van der Waals surface area contributed by atoms with Gasteiger partial charge in [-0.15, -0.1) is 0 Å². The van der Waals surface area contributed by atoms with E-state index in [-0.39, 0.29) is 17.9 Å². The summed E-state index contributed by atoms with van der Waals surface area (Å²) in [5.41, 5.74) is 1.52. The lowest BCUT2D eigenvalue weighted by Gasteiger charge is -2.22. The maximum absolute atomic E-state index is 13.0. The van der Waals surface area contributed by atoms with Crippen LogP contribution in [0, 0.1) is 12.8 Å². The molecular formula is C15H18F3N5O. The number of rotatable bonds is 3. The van der Waals surface area contributed by atoms with Crippen LogP contribution in [0.15, 0.2) is 6.20 Å². The van der Waals surface area contributed by atoms with E-state index in [4.69, 9.17) is 0 Å². The van der Waals surface area contributed by atoms with Crippen molar-refractivity contribution in [3.8, 4) is 0 Å². The number of hydrogen-bond acceptors (Lipinski definition) is 3. The largest absolute Gasteiger partial charge is 0.435 e. The smallest absolute Gasteiger partial charge is 0.352 e. The molecule has 130 valence electrons. The first-order valence-electron chi connectivity index (χ1n) is 7.66. The van der Waals surface area contributed by atoms with Gasteiger partial charge in [0.1, 0.15) is 0 Å². The van der Waals surface area contributed by atoms with Crippen LogP contribution in [0.25, 0.3) is 0 Å². The minimum Gasteiger partial charge on any atom is -0.352 e. The highest BCUT2D eigenvalue weighted by Crippen LogP contribution is 2.36. The van der Waals surface area contributed by atoms with Crippen molar-refractivity contribution in [2.45, 2.75) is 38.9 Å². The van der Waals surface area contributed by atoms with Crippen molar-refractivity contribution in [2.24, 2.45) is 13.0 Å². The van der Waals surface area contributed by atoms with E-state index in [1.54, 1.807) is 17.9 Å². The maximum Gasteiger partial charge on any atom is 0.435 e. The quantitative estimate of drug-likeness (QED) is 0.895. The molecule has 2 aromatic rings. The molecule has 1 atom stereocenters. The summed E-state index contributed by atoms with van der Waals surface area (Å²) in [6.07, 6.45) is -1.88. The Kier molecular flexibility index (Phi) is 4.10. The molecule has 0 spiro atoms. The minimum atomic E-state index is -4.50. The second-order valence-corrected chi connectivity index (χ2v) is 6.06. The molecule has 0 saturated heterocycles. The van der Waals surface area contributed by atoms with Crippen LogP contribution in [0.1, 0.15) is 34.6 Å². The molecule has 1 amide bonds. The number of amides is 1. The zero-order chi connectivity index (χ0) is 17.5. The van der Waals surface area contributed by atoms with Gasteiger partial charge in [0.05, 0.1) is 6.20 Å². The molecule has 2 N–H and O–H groups in total. The van der Waals surface area contributed by atoms with Crippen molar-refractivity contribution in [1.82, 2.24) is 25.3 Å². The number of aryl methyl sites for hydroxylation is 2. The minimum absolute atomic E-state index is 0.0541. The molecule has 3 rings (SSSR count). The van der Waals surface area contributed by atoms with Gasteiger partial charge in [-0.1, -0.05) is 0 Å². The summed E-state index contributed by atoms with van der Waals surface area (Å²) in [4.78, 5) is 12.3. The van der Waals surface area contributed by atoms with E-state index in [0.29, 0.717) is 25.1 Å². The van der Waals surface area contributed by atoms with Gasteiger partial charge in [-0.25, -0.2) is 0 Å². The molecule has 1 unspecified atom stereocenters. The Hall–Kier alpha value is -2.32. The number of halogens is 3. The number of carbonyl (C=O) groups is 1. The molecule has 0 saturated carbocycles. The van der Waals surface area contributed by atoms with Crippen LogP contribution in [0.4, 0.5) is 13.2 Å². The fourth-order valence-electron chi connectivity index (χ4n) is 3.00. The van der Waals surface area contributed by atoms with Gasteiger partial charge in [0, 0.05) is 42.0 Å². The van der Waals surface area contributed by atoms with Crippen LogP contribution in [-0.2, 0) is 37.4 Å². The summed E-state index contributed by atoms with van der Waals surface area (Å²) in [6, 6.07) is 0. The van der Waals surface area contributed by atoms with E-state index in [1.165, 1.54) is 0 Å². The molecule has 9 heteroatoms. The van der Waals surface area contributed by atoms with Crippen LogP contribution >= 0.6 is 0 Å². The number of aromatic amines is 1. The van der Waals surface area contributed by atoms with Crippen molar-refractivity contribution in [2.75, 3.05) is 0 Å². The van der Waals surface area contributed by atoms with Gasteiger partial charge in [-0.3, -0.25) is 14.6 Å². The molecule has 1 aliphatic carbocycles. The lowest BCUT2D eigenvalue weighted by molar-refractivity contribution is -0.142. The fourth-order valence-corrected chi connectivity index (χ4v) is 3.00. The van der Waals surface area contributed by atoms with Gasteiger partial charge in [-0.2, -0.15) is 23.4 Å². The second kappa shape index (κ2) is 5.95. The van der Waals surface area contributed by atoms with Crippen LogP contribution in [0.5, 0.6) is 0 Å². The number of aromatic nitrogens is 4. The number of nitrogens with one attached hydrogen (secondary N) is 2. The van der Waals surface area contributed by atoms with E-state index in [2.05, 4.69) is 20.6 Å². The maximum atomic E-state index is 13.0.